The summed E-state index contributed by atoms with van der Waals surface area (Å²) in [5, 5.41) is 7.43. The van der Waals surface area contributed by atoms with Crippen molar-refractivity contribution in [2.24, 2.45) is 5.92 Å². The SMILES string of the molecule is O=C(NCCCCC1CCN(C(=O)c2ccc3c(c2)SCN3)CC1)c1cc2ccncc2s1. The molecule has 5 rings (SSSR count). The Bertz CT molecular complexity index is 1120. The third-order valence-electron chi connectivity index (χ3n) is 6.49. The van der Waals surface area contributed by atoms with Gasteiger partial charge in [0.2, 0.25) is 0 Å². The minimum absolute atomic E-state index is 0.00348. The van der Waals surface area contributed by atoms with Crippen LogP contribution in [-0.2, 0) is 0 Å². The molecule has 0 unspecified atom stereocenters. The van der Waals surface area contributed by atoms with Crippen molar-refractivity contribution in [3.63, 3.8) is 0 Å². The molecule has 3 aromatic rings. The smallest absolute Gasteiger partial charge is 0.261 e. The molecule has 33 heavy (non-hydrogen) atoms. The lowest BCUT2D eigenvalue weighted by atomic mass is 9.91. The Balaban J connectivity index is 1.00. The summed E-state index contributed by atoms with van der Waals surface area (Å²) in [6.45, 7) is 2.38. The topological polar surface area (TPSA) is 74.3 Å². The quantitative estimate of drug-likeness (QED) is 0.453. The molecule has 8 heteroatoms. The lowest BCUT2D eigenvalue weighted by molar-refractivity contribution is 0.0685. The molecular formula is C25H28N4O2S2. The highest BCUT2D eigenvalue weighted by atomic mass is 32.2. The summed E-state index contributed by atoms with van der Waals surface area (Å²) in [6, 6.07) is 9.86. The van der Waals surface area contributed by atoms with Crippen molar-refractivity contribution in [1.29, 1.82) is 0 Å². The molecule has 0 atom stereocenters. The largest absolute Gasteiger partial charge is 0.375 e. The van der Waals surface area contributed by atoms with Crippen molar-refractivity contribution in [1.82, 2.24) is 15.2 Å². The van der Waals surface area contributed by atoms with E-state index < -0.39 is 0 Å². The second kappa shape index (κ2) is 10.1. The first-order chi connectivity index (χ1) is 16.2. The molecule has 172 valence electrons. The van der Waals surface area contributed by atoms with E-state index in [1.165, 1.54) is 16.2 Å². The van der Waals surface area contributed by atoms with Crippen LogP contribution in [0.3, 0.4) is 0 Å². The highest BCUT2D eigenvalue weighted by Gasteiger charge is 2.24. The van der Waals surface area contributed by atoms with E-state index in [2.05, 4.69) is 15.6 Å². The van der Waals surface area contributed by atoms with E-state index in [-0.39, 0.29) is 11.8 Å². The maximum atomic E-state index is 12.9. The van der Waals surface area contributed by atoms with Crippen LogP contribution >= 0.6 is 23.1 Å². The van der Waals surface area contributed by atoms with Crippen LogP contribution in [0.1, 0.15) is 52.1 Å². The van der Waals surface area contributed by atoms with E-state index >= 15 is 0 Å². The Morgan fingerprint density at radius 2 is 2.03 bits per heavy atom. The van der Waals surface area contributed by atoms with Crippen LogP contribution in [0.5, 0.6) is 0 Å². The first-order valence-electron chi connectivity index (χ1n) is 11.6. The fourth-order valence-corrected chi connectivity index (χ4v) is 6.40. The molecule has 2 aliphatic heterocycles. The van der Waals surface area contributed by atoms with E-state index in [4.69, 9.17) is 0 Å². The van der Waals surface area contributed by atoms with Gasteiger partial charge in [0, 0.05) is 48.2 Å². The summed E-state index contributed by atoms with van der Waals surface area (Å²) < 4.78 is 1.04. The van der Waals surface area contributed by atoms with Crippen LogP contribution in [0.4, 0.5) is 5.69 Å². The zero-order valence-electron chi connectivity index (χ0n) is 18.5. The molecule has 0 aliphatic carbocycles. The van der Waals surface area contributed by atoms with Gasteiger partial charge in [-0.05, 0) is 60.9 Å². The number of rotatable bonds is 7. The standard InChI is InChI=1S/C25H28N4O2S2/c30-24(22-13-18-6-10-26-15-23(18)33-22)27-9-2-1-3-17-7-11-29(12-8-17)25(31)19-4-5-20-21(14-19)32-16-28-20/h4-6,10,13-15,17,28H,1-3,7-9,11-12,16H2,(H,27,30). The van der Waals surface area contributed by atoms with Gasteiger partial charge in [-0.1, -0.05) is 12.8 Å². The van der Waals surface area contributed by atoms with Crippen LogP contribution in [-0.4, -0.2) is 47.2 Å². The summed E-state index contributed by atoms with van der Waals surface area (Å²) in [5.41, 5.74) is 1.93. The molecule has 1 saturated heterocycles. The number of pyridine rings is 1. The van der Waals surface area contributed by atoms with Crippen LogP contribution in [0.2, 0.25) is 0 Å². The number of nitrogens with one attached hydrogen (secondary N) is 2. The summed E-state index contributed by atoms with van der Waals surface area (Å²) in [7, 11) is 0. The van der Waals surface area contributed by atoms with Gasteiger partial charge in [-0.2, -0.15) is 0 Å². The number of carbonyl (C=O) groups is 2. The van der Waals surface area contributed by atoms with Crippen molar-refractivity contribution < 1.29 is 9.59 Å². The van der Waals surface area contributed by atoms with Crippen LogP contribution < -0.4 is 10.6 Å². The molecule has 0 bridgehead atoms. The number of anilines is 1. The molecule has 0 saturated carbocycles. The van der Waals surface area contributed by atoms with Gasteiger partial charge in [-0.15, -0.1) is 23.1 Å². The molecule has 6 nitrogen and oxygen atoms in total. The number of likely N-dealkylation sites (tertiary alicyclic amines) is 1. The van der Waals surface area contributed by atoms with Gasteiger partial charge < -0.3 is 15.5 Å². The second-order valence-corrected chi connectivity index (χ2v) is 10.8. The van der Waals surface area contributed by atoms with Crippen molar-refractivity contribution in [3.05, 3.63) is 53.2 Å². The minimum Gasteiger partial charge on any atom is -0.375 e. The fraction of sp³-hybridized carbons (Fsp3) is 0.400. The normalized spacial score (nSPS) is 15.9. The lowest BCUT2D eigenvalue weighted by Crippen LogP contribution is -2.38. The van der Waals surface area contributed by atoms with E-state index in [9.17, 15) is 9.59 Å². The average molecular weight is 481 g/mol. The number of hydrogen-bond donors (Lipinski definition) is 2. The third kappa shape index (κ3) is 5.17. The summed E-state index contributed by atoms with van der Waals surface area (Å²) in [4.78, 5) is 33.3. The number of benzene rings is 1. The monoisotopic (exact) mass is 480 g/mol. The van der Waals surface area contributed by atoms with Gasteiger partial charge in [-0.25, -0.2) is 0 Å². The minimum atomic E-state index is 0.00348. The molecule has 0 spiro atoms. The number of hydrogen-bond acceptors (Lipinski definition) is 6. The zero-order valence-corrected chi connectivity index (χ0v) is 20.1. The molecule has 1 aromatic carbocycles. The zero-order chi connectivity index (χ0) is 22.6. The molecule has 4 heterocycles. The molecule has 2 aliphatic rings. The van der Waals surface area contributed by atoms with E-state index in [0.717, 1.165) is 77.3 Å². The lowest BCUT2D eigenvalue weighted by Gasteiger charge is -2.32. The molecular weight excluding hydrogens is 452 g/mol. The molecule has 2 amide bonds. The van der Waals surface area contributed by atoms with Crippen LogP contribution in [0.25, 0.3) is 10.1 Å². The first kappa shape index (κ1) is 22.2. The average Bonchev–Trinajstić information content (AvgIpc) is 3.50. The number of thioether (sulfide) groups is 1. The van der Waals surface area contributed by atoms with Crippen molar-refractivity contribution in [3.8, 4) is 0 Å². The molecule has 2 N–H and O–H groups in total. The number of thiophene rings is 1. The Hall–Kier alpha value is -2.58. The summed E-state index contributed by atoms with van der Waals surface area (Å²) >= 11 is 3.24. The number of amides is 2. The predicted molar refractivity (Wildman–Crippen MR) is 135 cm³/mol. The number of piperidine rings is 1. The Kier molecular flexibility index (Phi) is 6.83. The van der Waals surface area contributed by atoms with Gasteiger partial charge in [0.25, 0.3) is 11.8 Å². The third-order valence-corrected chi connectivity index (χ3v) is 8.51. The van der Waals surface area contributed by atoms with Crippen molar-refractivity contribution in [2.75, 3.05) is 30.8 Å². The Morgan fingerprint density at radius 3 is 2.88 bits per heavy atom. The maximum Gasteiger partial charge on any atom is 0.261 e. The maximum absolute atomic E-state index is 12.9. The van der Waals surface area contributed by atoms with Gasteiger partial charge in [-0.3, -0.25) is 14.6 Å². The number of fused-ring (bicyclic) bond motifs is 2. The summed E-state index contributed by atoms with van der Waals surface area (Å²) in [6.07, 6.45) is 8.93. The van der Waals surface area contributed by atoms with Crippen LogP contribution in [0, 0.1) is 5.92 Å². The second-order valence-electron chi connectivity index (χ2n) is 8.69. The van der Waals surface area contributed by atoms with Crippen molar-refractivity contribution >= 4 is 50.7 Å². The molecule has 0 radical (unpaired) electrons. The Morgan fingerprint density at radius 1 is 1.15 bits per heavy atom. The molecule has 2 aromatic heterocycles. The number of carbonyl (C=O) groups excluding carboxylic acids is 2. The van der Waals surface area contributed by atoms with Gasteiger partial charge in [0.05, 0.1) is 15.5 Å². The highest BCUT2D eigenvalue weighted by molar-refractivity contribution is 7.99. The van der Waals surface area contributed by atoms with Crippen molar-refractivity contribution in [2.45, 2.75) is 37.0 Å². The first-order valence-corrected chi connectivity index (χ1v) is 13.4. The van der Waals surface area contributed by atoms with E-state index in [1.807, 2.05) is 35.2 Å². The van der Waals surface area contributed by atoms with Gasteiger partial charge in [0.1, 0.15) is 0 Å². The van der Waals surface area contributed by atoms with E-state index in [0.29, 0.717) is 12.5 Å². The van der Waals surface area contributed by atoms with Crippen LogP contribution in [0.15, 0.2) is 47.6 Å². The van der Waals surface area contributed by atoms with E-state index in [1.54, 1.807) is 24.2 Å². The fourth-order valence-electron chi connectivity index (χ4n) is 4.56. The number of nitrogens with zero attached hydrogens (tertiary/aromatic N) is 2. The summed E-state index contributed by atoms with van der Waals surface area (Å²) in [5.74, 6) is 1.71. The number of unbranched alkanes of at least 4 members (excludes halogenated alkanes) is 1. The van der Waals surface area contributed by atoms with Gasteiger partial charge in [0.15, 0.2) is 0 Å². The highest BCUT2D eigenvalue weighted by Crippen LogP contribution is 2.34. The molecule has 1 fully saturated rings. The predicted octanol–water partition coefficient (Wildman–Crippen LogP) is 5.22. The number of aromatic nitrogens is 1. The Labute approximate surface area is 202 Å². The van der Waals surface area contributed by atoms with Gasteiger partial charge >= 0.3 is 0 Å².